The van der Waals surface area contributed by atoms with Gasteiger partial charge in [-0.3, -0.25) is 4.79 Å². The molecule has 0 fully saturated rings. The second kappa shape index (κ2) is 4.43. The monoisotopic (exact) mass is 265 g/mol. The highest BCUT2D eigenvalue weighted by Crippen LogP contribution is 2.31. The average Bonchev–Trinajstić information content (AvgIpc) is 2.24. The Balaban J connectivity index is 2.34. The molecule has 0 aromatic carbocycles. The van der Waals surface area contributed by atoms with Crippen molar-refractivity contribution in [1.29, 1.82) is 0 Å². The first-order valence-electron chi connectivity index (χ1n) is 7.15. The third-order valence-electron chi connectivity index (χ3n) is 3.90. The van der Waals surface area contributed by atoms with E-state index in [1.54, 1.807) is 0 Å². The van der Waals surface area contributed by atoms with E-state index in [1.165, 1.54) is 5.70 Å². The molecule has 4 heteroatoms. The first-order chi connectivity index (χ1) is 8.60. The third kappa shape index (κ3) is 2.72. The van der Waals surface area contributed by atoms with E-state index in [2.05, 4.69) is 51.8 Å². The number of carbonyl (C=O) groups is 1. The summed E-state index contributed by atoms with van der Waals surface area (Å²) in [4.78, 5) is 16.7. The molecule has 1 N–H and O–H groups in total. The van der Waals surface area contributed by atoms with E-state index < -0.39 is 0 Å². The average molecular weight is 265 g/mol. The van der Waals surface area contributed by atoms with Crippen molar-refractivity contribution in [2.45, 2.75) is 59.0 Å². The standard InChI is InChI=1S/C15H27N3O/c1-14(2,3)17-8-7-16-11-9-13(19)18(10-12(11)17)15(4,5)6/h16H,7-10H2,1-6H3. The molecule has 108 valence electrons. The molecule has 2 heterocycles. The van der Waals surface area contributed by atoms with E-state index in [0.29, 0.717) is 6.42 Å². The molecule has 0 aromatic rings. The summed E-state index contributed by atoms with van der Waals surface area (Å²) < 4.78 is 0. The van der Waals surface area contributed by atoms with Gasteiger partial charge >= 0.3 is 0 Å². The highest BCUT2D eigenvalue weighted by atomic mass is 16.2. The van der Waals surface area contributed by atoms with Crippen LogP contribution in [0.1, 0.15) is 48.0 Å². The molecule has 2 rings (SSSR count). The second-order valence-electron chi connectivity index (χ2n) is 7.50. The van der Waals surface area contributed by atoms with Crippen LogP contribution in [0.3, 0.4) is 0 Å². The smallest absolute Gasteiger partial charge is 0.229 e. The van der Waals surface area contributed by atoms with Gasteiger partial charge in [-0.1, -0.05) is 0 Å². The summed E-state index contributed by atoms with van der Waals surface area (Å²) in [6.45, 7) is 15.7. The minimum atomic E-state index is -0.114. The van der Waals surface area contributed by atoms with Gasteiger partial charge < -0.3 is 15.1 Å². The molecule has 0 aromatic heterocycles. The summed E-state index contributed by atoms with van der Waals surface area (Å²) in [5.41, 5.74) is 2.42. The fourth-order valence-electron chi connectivity index (χ4n) is 2.90. The lowest BCUT2D eigenvalue weighted by molar-refractivity contribution is -0.136. The maximum absolute atomic E-state index is 12.3. The summed E-state index contributed by atoms with van der Waals surface area (Å²) in [5, 5.41) is 3.42. The summed E-state index contributed by atoms with van der Waals surface area (Å²) in [6.07, 6.45) is 0.513. The number of hydrogen-bond acceptors (Lipinski definition) is 3. The van der Waals surface area contributed by atoms with Crippen molar-refractivity contribution in [2.75, 3.05) is 19.6 Å². The minimum Gasteiger partial charge on any atom is -0.385 e. The zero-order valence-electron chi connectivity index (χ0n) is 13.1. The van der Waals surface area contributed by atoms with Crippen molar-refractivity contribution < 1.29 is 4.79 Å². The Morgan fingerprint density at radius 1 is 1.00 bits per heavy atom. The number of carbonyl (C=O) groups excluding carboxylic acids is 1. The van der Waals surface area contributed by atoms with Crippen molar-refractivity contribution in [1.82, 2.24) is 15.1 Å². The summed E-state index contributed by atoms with van der Waals surface area (Å²) >= 11 is 0. The summed E-state index contributed by atoms with van der Waals surface area (Å²) in [5.74, 6) is 0.231. The lowest BCUT2D eigenvalue weighted by Gasteiger charge is -2.49. The van der Waals surface area contributed by atoms with Crippen LogP contribution in [0.15, 0.2) is 11.4 Å². The fraction of sp³-hybridized carbons (Fsp3) is 0.800. The van der Waals surface area contributed by atoms with Crippen molar-refractivity contribution >= 4 is 5.91 Å². The van der Waals surface area contributed by atoms with Crippen molar-refractivity contribution in [3.8, 4) is 0 Å². The predicted octanol–water partition coefficient (Wildman–Crippen LogP) is 1.93. The zero-order valence-corrected chi connectivity index (χ0v) is 13.1. The van der Waals surface area contributed by atoms with Crippen LogP contribution in [-0.2, 0) is 4.79 Å². The minimum absolute atomic E-state index is 0.104. The van der Waals surface area contributed by atoms with Crippen LogP contribution in [0.2, 0.25) is 0 Å². The first kappa shape index (κ1) is 14.2. The first-order valence-corrected chi connectivity index (χ1v) is 7.15. The molecule has 1 amide bonds. The molecule has 0 atom stereocenters. The quantitative estimate of drug-likeness (QED) is 0.727. The Morgan fingerprint density at radius 3 is 2.11 bits per heavy atom. The van der Waals surface area contributed by atoms with Gasteiger partial charge in [-0.2, -0.15) is 0 Å². The molecule has 19 heavy (non-hydrogen) atoms. The Hall–Kier alpha value is -1.19. The van der Waals surface area contributed by atoms with Gasteiger partial charge in [0.15, 0.2) is 0 Å². The van der Waals surface area contributed by atoms with Gasteiger partial charge in [-0.15, -0.1) is 0 Å². The van der Waals surface area contributed by atoms with E-state index in [4.69, 9.17) is 0 Å². The molecular weight excluding hydrogens is 238 g/mol. The Morgan fingerprint density at radius 2 is 1.58 bits per heavy atom. The predicted molar refractivity (Wildman–Crippen MR) is 77.6 cm³/mol. The highest BCUT2D eigenvalue weighted by Gasteiger charge is 2.38. The van der Waals surface area contributed by atoms with E-state index in [9.17, 15) is 4.79 Å². The summed E-state index contributed by atoms with van der Waals surface area (Å²) in [7, 11) is 0. The van der Waals surface area contributed by atoms with Crippen molar-refractivity contribution in [3.05, 3.63) is 11.4 Å². The topological polar surface area (TPSA) is 35.6 Å². The highest BCUT2D eigenvalue weighted by molar-refractivity contribution is 5.81. The zero-order chi connectivity index (χ0) is 14.4. The van der Waals surface area contributed by atoms with Gasteiger partial charge in [0.1, 0.15) is 0 Å². The molecule has 0 aliphatic carbocycles. The summed E-state index contributed by atoms with van der Waals surface area (Å²) in [6, 6.07) is 0. The maximum atomic E-state index is 12.3. The molecule has 0 saturated carbocycles. The third-order valence-corrected chi connectivity index (χ3v) is 3.90. The van der Waals surface area contributed by atoms with E-state index >= 15 is 0 Å². The van der Waals surface area contributed by atoms with Crippen molar-refractivity contribution in [2.24, 2.45) is 0 Å². The Bertz CT molecular complexity index is 412. The lowest BCUT2D eigenvalue weighted by Crippen LogP contribution is -2.57. The number of amides is 1. The fourth-order valence-corrected chi connectivity index (χ4v) is 2.90. The molecule has 2 aliphatic heterocycles. The number of rotatable bonds is 0. The van der Waals surface area contributed by atoms with Gasteiger partial charge in [-0.25, -0.2) is 0 Å². The largest absolute Gasteiger partial charge is 0.385 e. The molecule has 0 bridgehead atoms. The van der Waals surface area contributed by atoms with Gasteiger partial charge in [-0.05, 0) is 41.5 Å². The molecule has 0 saturated heterocycles. The normalized spacial score (nSPS) is 21.5. The van der Waals surface area contributed by atoms with Gasteiger partial charge in [0.25, 0.3) is 0 Å². The number of nitrogens with zero attached hydrogens (tertiary/aromatic N) is 2. The molecule has 4 nitrogen and oxygen atoms in total. The Kier molecular flexibility index (Phi) is 3.31. The lowest BCUT2D eigenvalue weighted by atomic mass is 9.96. The second-order valence-corrected chi connectivity index (χ2v) is 7.50. The number of nitrogens with one attached hydrogen (secondary N) is 1. The molecular formula is C15H27N3O. The van der Waals surface area contributed by atoms with E-state index in [1.807, 2.05) is 4.90 Å². The van der Waals surface area contributed by atoms with Crippen LogP contribution in [0.5, 0.6) is 0 Å². The van der Waals surface area contributed by atoms with Gasteiger partial charge in [0.05, 0.1) is 18.7 Å². The molecule has 0 spiro atoms. The SMILES string of the molecule is CC(C)(C)N1CC2=C(CC1=O)NCCN2C(C)(C)C. The molecule has 2 aliphatic rings. The van der Waals surface area contributed by atoms with Crippen LogP contribution in [0.25, 0.3) is 0 Å². The van der Waals surface area contributed by atoms with Gasteiger partial charge in [0.2, 0.25) is 5.91 Å². The van der Waals surface area contributed by atoms with Crippen LogP contribution in [0.4, 0.5) is 0 Å². The number of hydrogen-bond donors (Lipinski definition) is 1. The van der Waals surface area contributed by atoms with Crippen LogP contribution >= 0.6 is 0 Å². The van der Waals surface area contributed by atoms with Crippen molar-refractivity contribution in [3.63, 3.8) is 0 Å². The van der Waals surface area contributed by atoms with Crippen LogP contribution in [0, 0.1) is 0 Å². The van der Waals surface area contributed by atoms with E-state index in [0.717, 1.165) is 25.3 Å². The molecule has 0 unspecified atom stereocenters. The molecule has 0 radical (unpaired) electrons. The van der Waals surface area contributed by atoms with Gasteiger partial charge in [0, 0.05) is 29.9 Å². The van der Waals surface area contributed by atoms with E-state index in [-0.39, 0.29) is 17.0 Å². The maximum Gasteiger partial charge on any atom is 0.229 e. The Labute approximate surface area is 116 Å². The van der Waals surface area contributed by atoms with Crippen LogP contribution in [-0.4, -0.2) is 46.4 Å². The van der Waals surface area contributed by atoms with Crippen LogP contribution < -0.4 is 5.32 Å².